The van der Waals surface area contributed by atoms with Gasteiger partial charge in [0.05, 0.1) is 7.11 Å². The molecule has 0 spiro atoms. The lowest BCUT2D eigenvalue weighted by Gasteiger charge is -2.20. The zero-order valence-electron chi connectivity index (χ0n) is 17.5. The Bertz CT molecular complexity index is 1080. The summed E-state index contributed by atoms with van der Waals surface area (Å²) >= 11 is 0. The molecule has 5 nitrogen and oxygen atoms in total. The Labute approximate surface area is 171 Å². The highest BCUT2D eigenvalue weighted by atomic mass is 16.5. The molecule has 0 fully saturated rings. The minimum absolute atomic E-state index is 0.00342. The van der Waals surface area contributed by atoms with Crippen molar-refractivity contribution in [3.8, 4) is 5.75 Å². The van der Waals surface area contributed by atoms with E-state index in [9.17, 15) is 9.59 Å². The quantitative estimate of drug-likeness (QED) is 0.665. The SMILES string of the molecule is COc1cccc(CCC(=O)Nc2cccc3c(=O)n(CC(C)(C)C)ccc23)c1. The molecule has 0 unspecified atom stereocenters. The van der Waals surface area contributed by atoms with Gasteiger partial charge >= 0.3 is 0 Å². The number of fused-ring (bicyclic) bond motifs is 1. The lowest BCUT2D eigenvalue weighted by atomic mass is 9.96. The molecule has 1 N–H and O–H groups in total. The highest BCUT2D eigenvalue weighted by Gasteiger charge is 2.14. The maximum absolute atomic E-state index is 12.9. The molecule has 0 aliphatic heterocycles. The van der Waals surface area contributed by atoms with Gasteiger partial charge in [0.1, 0.15) is 5.75 Å². The fourth-order valence-corrected chi connectivity index (χ4v) is 3.36. The molecule has 152 valence electrons. The second kappa shape index (κ2) is 8.52. The van der Waals surface area contributed by atoms with Crippen LogP contribution in [0.15, 0.2) is 59.5 Å². The minimum Gasteiger partial charge on any atom is -0.497 e. The number of anilines is 1. The van der Waals surface area contributed by atoms with E-state index in [1.54, 1.807) is 11.7 Å². The first-order chi connectivity index (χ1) is 13.8. The van der Waals surface area contributed by atoms with Gasteiger partial charge in [-0.25, -0.2) is 0 Å². The average Bonchev–Trinajstić information content (AvgIpc) is 2.68. The monoisotopic (exact) mass is 392 g/mol. The molecule has 0 atom stereocenters. The molecule has 0 saturated carbocycles. The number of pyridine rings is 1. The van der Waals surface area contributed by atoms with Crippen LogP contribution in [0.4, 0.5) is 5.69 Å². The van der Waals surface area contributed by atoms with E-state index in [-0.39, 0.29) is 16.9 Å². The van der Waals surface area contributed by atoms with Crippen molar-refractivity contribution in [1.82, 2.24) is 4.57 Å². The van der Waals surface area contributed by atoms with Crippen molar-refractivity contribution in [3.05, 3.63) is 70.6 Å². The molecular weight excluding hydrogens is 364 g/mol. The third-order valence-corrected chi connectivity index (χ3v) is 4.71. The molecule has 0 bridgehead atoms. The van der Waals surface area contributed by atoms with E-state index in [1.807, 2.05) is 54.7 Å². The minimum atomic E-state index is -0.0841. The van der Waals surface area contributed by atoms with Crippen LogP contribution in [0.3, 0.4) is 0 Å². The fourth-order valence-electron chi connectivity index (χ4n) is 3.36. The fraction of sp³-hybridized carbons (Fsp3) is 0.333. The lowest BCUT2D eigenvalue weighted by molar-refractivity contribution is -0.116. The molecule has 3 rings (SSSR count). The maximum atomic E-state index is 12.9. The van der Waals surface area contributed by atoms with Gasteiger partial charge in [-0.3, -0.25) is 9.59 Å². The van der Waals surface area contributed by atoms with Crippen LogP contribution >= 0.6 is 0 Å². The van der Waals surface area contributed by atoms with Crippen molar-refractivity contribution >= 4 is 22.4 Å². The Morgan fingerprint density at radius 2 is 1.83 bits per heavy atom. The second-order valence-corrected chi connectivity index (χ2v) is 8.48. The van der Waals surface area contributed by atoms with Gasteiger partial charge in [-0.05, 0) is 47.7 Å². The lowest BCUT2D eigenvalue weighted by Crippen LogP contribution is -2.26. The summed E-state index contributed by atoms with van der Waals surface area (Å²) < 4.78 is 6.96. The predicted octanol–water partition coefficient (Wildman–Crippen LogP) is 4.63. The summed E-state index contributed by atoms with van der Waals surface area (Å²) in [5.74, 6) is 0.697. The van der Waals surface area contributed by atoms with Crippen LogP contribution in [0, 0.1) is 5.41 Å². The largest absolute Gasteiger partial charge is 0.497 e. The number of ether oxygens (including phenoxy) is 1. The average molecular weight is 392 g/mol. The van der Waals surface area contributed by atoms with Gasteiger partial charge in [-0.1, -0.05) is 39.0 Å². The molecule has 3 aromatic rings. The van der Waals surface area contributed by atoms with Crippen LogP contribution in [0.2, 0.25) is 0 Å². The van der Waals surface area contributed by atoms with Crippen LogP contribution in [-0.4, -0.2) is 17.6 Å². The summed E-state index contributed by atoms with van der Waals surface area (Å²) in [6.07, 6.45) is 2.78. The van der Waals surface area contributed by atoms with Crippen molar-refractivity contribution in [2.75, 3.05) is 12.4 Å². The number of aromatic nitrogens is 1. The molecule has 2 aromatic carbocycles. The van der Waals surface area contributed by atoms with Crippen molar-refractivity contribution < 1.29 is 9.53 Å². The van der Waals surface area contributed by atoms with E-state index >= 15 is 0 Å². The standard InChI is InChI=1S/C24H28N2O3/c1-24(2,3)16-26-14-13-19-20(23(26)28)9-6-10-21(19)25-22(27)12-11-17-7-5-8-18(15-17)29-4/h5-10,13-15H,11-12,16H2,1-4H3,(H,25,27). The predicted molar refractivity (Wildman–Crippen MR) is 118 cm³/mol. The van der Waals surface area contributed by atoms with Gasteiger partial charge in [0.15, 0.2) is 0 Å². The van der Waals surface area contributed by atoms with E-state index in [2.05, 4.69) is 26.1 Å². The first-order valence-electron chi connectivity index (χ1n) is 9.82. The molecule has 0 aliphatic rings. The zero-order chi connectivity index (χ0) is 21.0. The Morgan fingerprint density at radius 1 is 1.07 bits per heavy atom. The smallest absolute Gasteiger partial charge is 0.258 e. The molecule has 0 aliphatic carbocycles. The Morgan fingerprint density at radius 3 is 2.55 bits per heavy atom. The number of methoxy groups -OCH3 is 1. The summed E-state index contributed by atoms with van der Waals surface area (Å²) in [6.45, 7) is 6.94. The molecule has 1 aromatic heterocycles. The van der Waals surface area contributed by atoms with E-state index in [4.69, 9.17) is 4.74 Å². The Kier molecular flexibility index (Phi) is 6.06. The van der Waals surface area contributed by atoms with Crippen molar-refractivity contribution in [2.45, 2.75) is 40.2 Å². The van der Waals surface area contributed by atoms with Gasteiger partial charge < -0.3 is 14.6 Å². The number of nitrogens with one attached hydrogen (secondary N) is 1. The maximum Gasteiger partial charge on any atom is 0.258 e. The molecular formula is C24H28N2O3. The second-order valence-electron chi connectivity index (χ2n) is 8.48. The van der Waals surface area contributed by atoms with Crippen molar-refractivity contribution in [3.63, 3.8) is 0 Å². The Balaban J connectivity index is 1.76. The number of nitrogens with zero attached hydrogens (tertiary/aromatic N) is 1. The summed E-state index contributed by atoms with van der Waals surface area (Å²) in [5.41, 5.74) is 1.68. The van der Waals surface area contributed by atoms with Gasteiger partial charge in [-0.15, -0.1) is 0 Å². The number of amides is 1. The van der Waals surface area contributed by atoms with Crippen molar-refractivity contribution in [2.24, 2.45) is 5.41 Å². The third-order valence-electron chi connectivity index (χ3n) is 4.71. The summed E-state index contributed by atoms with van der Waals surface area (Å²) in [4.78, 5) is 25.4. The first-order valence-corrected chi connectivity index (χ1v) is 9.82. The molecule has 0 radical (unpaired) electrons. The van der Waals surface area contributed by atoms with Crippen LogP contribution in [0.5, 0.6) is 5.75 Å². The summed E-state index contributed by atoms with van der Waals surface area (Å²) in [5, 5.41) is 4.34. The van der Waals surface area contributed by atoms with E-state index in [0.29, 0.717) is 30.5 Å². The zero-order valence-corrected chi connectivity index (χ0v) is 17.5. The highest BCUT2D eigenvalue weighted by Crippen LogP contribution is 2.23. The topological polar surface area (TPSA) is 60.3 Å². The van der Waals surface area contributed by atoms with Crippen molar-refractivity contribution in [1.29, 1.82) is 0 Å². The van der Waals surface area contributed by atoms with E-state index in [1.165, 1.54) is 0 Å². The molecule has 1 amide bonds. The van der Waals surface area contributed by atoms with Crippen LogP contribution in [-0.2, 0) is 17.8 Å². The van der Waals surface area contributed by atoms with Crippen LogP contribution < -0.4 is 15.6 Å². The number of carbonyl (C=O) groups excluding carboxylic acids is 1. The third kappa shape index (κ3) is 5.25. The molecule has 0 saturated heterocycles. The molecule has 29 heavy (non-hydrogen) atoms. The van der Waals surface area contributed by atoms with E-state index < -0.39 is 0 Å². The number of benzene rings is 2. The van der Waals surface area contributed by atoms with Gasteiger partial charge in [0, 0.05) is 35.6 Å². The van der Waals surface area contributed by atoms with Crippen LogP contribution in [0.25, 0.3) is 10.8 Å². The van der Waals surface area contributed by atoms with Gasteiger partial charge in [0.25, 0.3) is 5.56 Å². The molecule has 1 heterocycles. The number of carbonyl (C=O) groups is 1. The number of rotatable bonds is 6. The Hall–Kier alpha value is -3.08. The van der Waals surface area contributed by atoms with Gasteiger partial charge in [-0.2, -0.15) is 0 Å². The normalized spacial score (nSPS) is 11.4. The molecule has 5 heteroatoms. The number of hydrogen-bond donors (Lipinski definition) is 1. The highest BCUT2D eigenvalue weighted by molar-refractivity contribution is 6.01. The number of hydrogen-bond acceptors (Lipinski definition) is 3. The number of aryl methyl sites for hydroxylation is 1. The first kappa shape index (κ1) is 20.6. The van der Waals surface area contributed by atoms with Gasteiger partial charge in [0.2, 0.25) is 5.91 Å². The summed E-state index contributed by atoms with van der Waals surface area (Å²) in [7, 11) is 1.63. The summed E-state index contributed by atoms with van der Waals surface area (Å²) in [6, 6.07) is 15.1. The van der Waals surface area contributed by atoms with E-state index in [0.717, 1.165) is 16.7 Å². The van der Waals surface area contributed by atoms with Crippen LogP contribution in [0.1, 0.15) is 32.8 Å².